The third-order valence-electron chi connectivity index (χ3n) is 3.48. The van der Waals surface area contributed by atoms with Gasteiger partial charge in [0.2, 0.25) is 5.75 Å². The van der Waals surface area contributed by atoms with Gasteiger partial charge in [0.15, 0.2) is 11.5 Å². The fourth-order valence-corrected chi connectivity index (χ4v) is 2.35. The molecule has 2 aromatic rings. The molecule has 0 aliphatic rings. The zero-order chi connectivity index (χ0) is 15.9. The predicted molar refractivity (Wildman–Crippen MR) is 84.5 cm³/mol. The number of aromatic nitrogens is 2. The fourth-order valence-electron chi connectivity index (χ4n) is 2.35. The van der Waals surface area contributed by atoms with E-state index >= 15 is 0 Å². The van der Waals surface area contributed by atoms with Gasteiger partial charge in [0.05, 0.1) is 27.9 Å². The van der Waals surface area contributed by atoms with Gasteiger partial charge in [-0.25, -0.2) is 4.98 Å². The van der Waals surface area contributed by atoms with Gasteiger partial charge < -0.3 is 24.1 Å². The number of nitrogens with one attached hydrogen (secondary N) is 1. The Kier molecular flexibility index (Phi) is 5.66. The van der Waals surface area contributed by atoms with Gasteiger partial charge in [-0.3, -0.25) is 0 Å². The second kappa shape index (κ2) is 7.70. The molecule has 0 atom stereocenters. The summed E-state index contributed by atoms with van der Waals surface area (Å²) in [6.45, 7) is 4.41. The molecule has 0 spiro atoms. The number of aryl methyl sites for hydroxylation is 1. The third-order valence-corrected chi connectivity index (χ3v) is 3.48. The average molecular weight is 305 g/mol. The van der Waals surface area contributed by atoms with Crippen LogP contribution in [0.3, 0.4) is 0 Å². The van der Waals surface area contributed by atoms with Crippen LogP contribution in [0.5, 0.6) is 17.2 Å². The summed E-state index contributed by atoms with van der Waals surface area (Å²) in [5, 5.41) is 3.38. The molecular weight excluding hydrogens is 282 g/mol. The van der Waals surface area contributed by atoms with E-state index in [4.69, 9.17) is 14.2 Å². The monoisotopic (exact) mass is 305 g/mol. The van der Waals surface area contributed by atoms with Crippen LogP contribution in [0.25, 0.3) is 0 Å². The molecule has 120 valence electrons. The van der Waals surface area contributed by atoms with E-state index in [0.29, 0.717) is 30.3 Å². The van der Waals surface area contributed by atoms with Crippen LogP contribution in [-0.2, 0) is 19.6 Å². The first-order valence-corrected chi connectivity index (χ1v) is 7.23. The van der Waals surface area contributed by atoms with Gasteiger partial charge in [-0.15, -0.1) is 0 Å². The average Bonchev–Trinajstić information content (AvgIpc) is 3.01. The van der Waals surface area contributed by atoms with Crippen molar-refractivity contribution < 1.29 is 14.2 Å². The van der Waals surface area contributed by atoms with E-state index in [1.54, 1.807) is 21.3 Å². The maximum Gasteiger partial charge on any atom is 0.203 e. The fraction of sp³-hybridized carbons (Fsp3) is 0.438. The Labute approximate surface area is 131 Å². The number of benzene rings is 1. The van der Waals surface area contributed by atoms with Crippen molar-refractivity contribution in [3.05, 3.63) is 35.9 Å². The number of methoxy groups -OCH3 is 3. The highest BCUT2D eigenvalue weighted by atomic mass is 16.5. The van der Waals surface area contributed by atoms with E-state index < -0.39 is 0 Å². The second-order valence-electron chi connectivity index (χ2n) is 4.77. The molecule has 2 rings (SSSR count). The largest absolute Gasteiger partial charge is 0.493 e. The summed E-state index contributed by atoms with van der Waals surface area (Å²) in [4.78, 5) is 4.34. The zero-order valence-corrected chi connectivity index (χ0v) is 13.5. The maximum absolute atomic E-state index is 5.36. The van der Waals surface area contributed by atoms with Crippen molar-refractivity contribution in [3.63, 3.8) is 0 Å². The van der Waals surface area contributed by atoms with Crippen molar-refractivity contribution in [3.8, 4) is 17.2 Å². The summed E-state index contributed by atoms with van der Waals surface area (Å²) >= 11 is 0. The summed E-state index contributed by atoms with van der Waals surface area (Å²) < 4.78 is 18.2. The molecule has 6 heteroatoms. The van der Waals surface area contributed by atoms with Crippen LogP contribution in [0.15, 0.2) is 24.5 Å². The standard InChI is InChI=1S/C16H23N3O3/c1-5-19-7-6-18-15(19)11-17-10-12-8-13(20-2)16(22-4)14(9-12)21-3/h6-9,17H,5,10-11H2,1-4H3. The maximum atomic E-state index is 5.36. The van der Waals surface area contributed by atoms with Crippen molar-refractivity contribution in [1.82, 2.24) is 14.9 Å². The molecule has 0 amide bonds. The highest BCUT2D eigenvalue weighted by Crippen LogP contribution is 2.38. The third kappa shape index (κ3) is 3.51. The van der Waals surface area contributed by atoms with Crippen molar-refractivity contribution in [2.75, 3.05) is 21.3 Å². The first kappa shape index (κ1) is 16.2. The molecule has 0 unspecified atom stereocenters. The molecular formula is C16H23N3O3. The number of imidazole rings is 1. The van der Waals surface area contributed by atoms with Gasteiger partial charge in [0.25, 0.3) is 0 Å². The van der Waals surface area contributed by atoms with E-state index in [1.165, 1.54) is 0 Å². The second-order valence-corrected chi connectivity index (χ2v) is 4.77. The Bertz CT molecular complexity index is 585. The van der Waals surface area contributed by atoms with Crippen molar-refractivity contribution >= 4 is 0 Å². The lowest BCUT2D eigenvalue weighted by Crippen LogP contribution is -2.16. The van der Waals surface area contributed by atoms with Gasteiger partial charge in [-0.05, 0) is 24.6 Å². The molecule has 6 nitrogen and oxygen atoms in total. The quantitative estimate of drug-likeness (QED) is 0.810. The topological polar surface area (TPSA) is 57.5 Å². The molecule has 22 heavy (non-hydrogen) atoms. The highest BCUT2D eigenvalue weighted by Gasteiger charge is 2.13. The first-order chi connectivity index (χ1) is 10.7. The van der Waals surface area contributed by atoms with Gasteiger partial charge in [-0.2, -0.15) is 0 Å². The molecule has 1 N–H and O–H groups in total. The van der Waals surface area contributed by atoms with Gasteiger partial charge in [-0.1, -0.05) is 0 Å². The van der Waals surface area contributed by atoms with Crippen LogP contribution in [0, 0.1) is 0 Å². The van der Waals surface area contributed by atoms with Crippen molar-refractivity contribution in [1.29, 1.82) is 0 Å². The molecule has 0 aliphatic heterocycles. The van der Waals surface area contributed by atoms with Crippen LogP contribution in [-0.4, -0.2) is 30.9 Å². The first-order valence-electron chi connectivity index (χ1n) is 7.23. The molecule has 0 radical (unpaired) electrons. The normalized spacial score (nSPS) is 10.5. The Morgan fingerprint density at radius 3 is 2.27 bits per heavy atom. The van der Waals surface area contributed by atoms with Crippen LogP contribution in [0.4, 0.5) is 0 Å². The lowest BCUT2D eigenvalue weighted by Gasteiger charge is -2.14. The number of hydrogen-bond acceptors (Lipinski definition) is 5. The van der Waals surface area contributed by atoms with Gasteiger partial charge >= 0.3 is 0 Å². The van der Waals surface area contributed by atoms with Crippen LogP contribution in [0.2, 0.25) is 0 Å². The van der Waals surface area contributed by atoms with E-state index in [1.807, 2.05) is 24.5 Å². The minimum atomic E-state index is 0.607. The van der Waals surface area contributed by atoms with Crippen molar-refractivity contribution in [2.24, 2.45) is 0 Å². The summed E-state index contributed by atoms with van der Waals surface area (Å²) in [6.07, 6.45) is 3.80. The predicted octanol–water partition coefficient (Wildman–Crippen LogP) is 2.22. The molecule has 1 heterocycles. The van der Waals surface area contributed by atoms with E-state index in [-0.39, 0.29) is 0 Å². The molecule has 1 aromatic carbocycles. The Hall–Kier alpha value is -2.21. The van der Waals surface area contributed by atoms with Gasteiger partial charge in [0, 0.05) is 25.5 Å². The Morgan fingerprint density at radius 2 is 1.73 bits per heavy atom. The van der Waals surface area contributed by atoms with Crippen LogP contribution >= 0.6 is 0 Å². The lowest BCUT2D eigenvalue weighted by atomic mass is 10.1. The summed E-state index contributed by atoms with van der Waals surface area (Å²) in [5.41, 5.74) is 1.06. The summed E-state index contributed by atoms with van der Waals surface area (Å²) in [6, 6.07) is 3.89. The minimum Gasteiger partial charge on any atom is -0.493 e. The number of rotatable bonds is 8. The summed E-state index contributed by atoms with van der Waals surface area (Å²) in [7, 11) is 4.84. The Balaban J connectivity index is 2.06. The highest BCUT2D eigenvalue weighted by molar-refractivity contribution is 5.53. The van der Waals surface area contributed by atoms with E-state index in [0.717, 1.165) is 17.9 Å². The van der Waals surface area contributed by atoms with E-state index in [2.05, 4.69) is 21.8 Å². The molecule has 1 aromatic heterocycles. The SMILES string of the molecule is CCn1ccnc1CNCc1cc(OC)c(OC)c(OC)c1. The Morgan fingerprint density at radius 1 is 1.05 bits per heavy atom. The molecule has 0 saturated heterocycles. The summed E-state index contributed by atoms with van der Waals surface area (Å²) in [5.74, 6) is 2.95. The van der Waals surface area contributed by atoms with Crippen LogP contribution in [0.1, 0.15) is 18.3 Å². The number of ether oxygens (including phenoxy) is 3. The molecule has 0 bridgehead atoms. The van der Waals surface area contributed by atoms with Crippen LogP contribution < -0.4 is 19.5 Å². The van der Waals surface area contributed by atoms with Crippen molar-refractivity contribution in [2.45, 2.75) is 26.6 Å². The minimum absolute atomic E-state index is 0.607. The zero-order valence-electron chi connectivity index (χ0n) is 13.5. The lowest BCUT2D eigenvalue weighted by molar-refractivity contribution is 0.323. The molecule has 0 fully saturated rings. The molecule has 0 saturated carbocycles. The number of hydrogen-bond donors (Lipinski definition) is 1. The van der Waals surface area contributed by atoms with E-state index in [9.17, 15) is 0 Å². The molecule has 0 aliphatic carbocycles. The number of nitrogens with zero attached hydrogens (tertiary/aromatic N) is 2. The smallest absolute Gasteiger partial charge is 0.203 e. The van der Waals surface area contributed by atoms with Gasteiger partial charge in [0.1, 0.15) is 5.82 Å².